The minimum absolute atomic E-state index is 0.878. The van der Waals surface area contributed by atoms with Crippen LogP contribution in [0.1, 0.15) is 30.4 Å². The fraction of sp³-hybridized carbons (Fsp3) is 0.368. The van der Waals surface area contributed by atoms with Crippen molar-refractivity contribution in [2.45, 2.75) is 32.7 Å². The maximum absolute atomic E-state index is 3.47. The Morgan fingerprint density at radius 1 is 0.857 bits per heavy atom. The molecule has 2 heteroatoms. The van der Waals surface area contributed by atoms with E-state index in [9.17, 15) is 0 Å². The van der Waals surface area contributed by atoms with Crippen LogP contribution in [0.15, 0.2) is 48.5 Å². The van der Waals surface area contributed by atoms with E-state index in [4.69, 9.17) is 0 Å². The lowest BCUT2D eigenvalue weighted by atomic mass is 10.1. The maximum atomic E-state index is 3.47. The number of benzene rings is 2. The second-order valence-corrected chi connectivity index (χ2v) is 5.93. The molecule has 0 aliphatic carbocycles. The number of anilines is 2. The fourth-order valence-corrected chi connectivity index (χ4v) is 2.85. The molecule has 2 aromatic carbocycles. The highest BCUT2D eigenvalue weighted by molar-refractivity contribution is 5.49. The lowest BCUT2D eigenvalue weighted by Crippen LogP contribution is -2.29. The van der Waals surface area contributed by atoms with Gasteiger partial charge >= 0.3 is 0 Å². The molecule has 1 N–H and O–H groups in total. The van der Waals surface area contributed by atoms with Gasteiger partial charge in [0.05, 0.1) is 0 Å². The summed E-state index contributed by atoms with van der Waals surface area (Å²) in [6.07, 6.45) is 4.04. The standard InChI is InChI=1S/C19H24N2/c1-16-5-9-18(10-6-16)20-15-17-7-11-19(12-8-17)21-13-3-2-4-14-21/h5-12,20H,2-4,13-15H2,1H3. The fourth-order valence-electron chi connectivity index (χ4n) is 2.85. The molecule has 21 heavy (non-hydrogen) atoms. The van der Waals surface area contributed by atoms with E-state index >= 15 is 0 Å². The van der Waals surface area contributed by atoms with Crippen LogP contribution in [0.3, 0.4) is 0 Å². The van der Waals surface area contributed by atoms with Crippen LogP contribution < -0.4 is 10.2 Å². The van der Waals surface area contributed by atoms with E-state index in [2.05, 4.69) is 65.7 Å². The highest BCUT2D eigenvalue weighted by atomic mass is 15.1. The third-order valence-electron chi connectivity index (χ3n) is 4.21. The highest BCUT2D eigenvalue weighted by Crippen LogP contribution is 2.20. The predicted molar refractivity (Wildman–Crippen MR) is 91.0 cm³/mol. The molecule has 110 valence electrons. The van der Waals surface area contributed by atoms with E-state index < -0.39 is 0 Å². The van der Waals surface area contributed by atoms with E-state index in [1.54, 1.807) is 0 Å². The Hall–Kier alpha value is -1.96. The van der Waals surface area contributed by atoms with Crippen molar-refractivity contribution in [2.24, 2.45) is 0 Å². The Balaban J connectivity index is 1.57. The first kappa shape index (κ1) is 14.0. The van der Waals surface area contributed by atoms with Gasteiger partial charge in [-0.25, -0.2) is 0 Å². The van der Waals surface area contributed by atoms with Crippen LogP contribution in [0.4, 0.5) is 11.4 Å². The van der Waals surface area contributed by atoms with Crippen molar-refractivity contribution in [3.63, 3.8) is 0 Å². The smallest absolute Gasteiger partial charge is 0.0400 e. The molecule has 0 aromatic heterocycles. The first-order chi connectivity index (χ1) is 10.3. The topological polar surface area (TPSA) is 15.3 Å². The van der Waals surface area contributed by atoms with Gasteiger partial charge in [0.15, 0.2) is 0 Å². The monoisotopic (exact) mass is 280 g/mol. The van der Waals surface area contributed by atoms with Gasteiger partial charge in [-0.05, 0) is 56.0 Å². The molecule has 0 saturated carbocycles. The Bertz CT molecular complexity index is 551. The van der Waals surface area contributed by atoms with Gasteiger partial charge in [-0.3, -0.25) is 0 Å². The Morgan fingerprint density at radius 3 is 2.19 bits per heavy atom. The van der Waals surface area contributed by atoms with Crippen LogP contribution >= 0.6 is 0 Å². The van der Waals surface area contributed by atoms with Crippen molar-refractivity contribution in [3.8, 4) is 0 Å². The molecule has 0 radical (unpaired) electrons. The highest BCUT2D eigenvalue weighted by Gasteiger charge is 2.10. The van der Waals surface area contributed by atoms with Gasteiger partial charge in [-0.15, -0.1) is 0 Å². The number of aryl methyl sites for hydroxylation is 1. The Kier molecular flexibility index (Phi) is 4.44. The van der Waals surface area contributed by atoms with Crippen molar-refractivity contribution in [1.29, 1.82) is 0 Å². The number of nitrogens with zero attached hydrogens (tertiary/aromatic N) is 1. The summed E-state index contributed by atoms with van der Waals surface area (Å²) < 4.78 is 0. The van der Waals surface area contributed by atoms with Crippen molar-refractivity contribution in [2.75, 3.05) is 23.3 Å². The zero-order valence-corrected chi connectivity index (χ0v) is 12.8. The van der Waals surface area contributed by atoms with Crippen LogP contribution in [0, 0.1) is 6.92 Å². The van der Waals surface area contributed by atoms with Gasteiger partial charge < -0.3 is 10.2 Å². The van der Waals surface area contributed by atoms with Crippen molar-refractivity contribution >= 4 is 11.4 Å². The molecule has 1 fully saturated rings. The molecule has 0 unspecified atom stereocenters. The van der Waals surface area contributed by atoms with Crippen LogP contribution in [-0.4, -0.2) is 13.1 Å². The quantitative estimate of drug-likeness (QED) is 0.880. The summed E-state index contributed by atoms with van der Waals surface area (Å²) in [5, 5.41) is 3.47. The zero-order valence-electron chi connectivity index (χ0n) is 12.8. The van der Waals surface area contributed by atoms with E-state index in [-0.39, 0.29) is 0 Å². The predicted octanol–water partition coefficient (Wildman–Crippen LogP) is 4.60. The maximum Gasteiger partial charge on any atom is 0.0400 e. The first-order valence-corrected chi connectivity index (χ1v) is 7.96. The molecule has 0 spiro atoms. The second kappa shape index (κ2) is 6.66. The van der Waals surface area contributed by atoms with E-state index in [1.807, 2.05) is 0 Å². The molecule has 1 aliphatic rings. The summed E-state index contributed by atoms with van der Waals surface area (Å²) in [5.74, 6) is 0. The molecule has 2 aromatic rings. The summed E-state index contributed by atoms with van der Waals surface area (Å²) in [7, 11) is 0. The molecule has 1 saturated heterocycles. The molecule has 2 nitrogen and oxygen atoms in total. The van der Waals surface area contributed by atoms with E-state index in [1.165, 1.54) is 54.9 Å². The normalized spacial score (nSPS) is 15.0. The summed E-state index contributed by atoms with van der Waals surface area (Å²) >= 11 is 0. The summed E-state index contributed by atoms with van der Waals surface area (Å²) in [6, 6.07) is 17.6. The third kappa shape index (κ3) is 3.78. The number of rotatable bonds is 4. The second-order valence-electron chi connectivity index (χ2n) is 5.93. The largest absolute Gasteiger partial charge is 0.381 e. The molecule has 0 bridgehead atoms. The number of piperidine rings is 1. The van der Waals surface area contributed by atoms with Gasteiger partial charge in [0.2, 0.25) is 0 Å². The van der Waals surface area contributed by atoms with Crippen molar-refractivity contribution in [1.82, 2.24) is 0 Å². The first-order valence-electron chi connectivity index (χ1n) is 7.96. The minimum Gasteiger partial charge on any atom is -0.381 e. The summed E-state index contributed by atoms with van der Waals surface area (Å²) in [5.41, 5.74) is 5.18. The molecule has 1 heterocycles. The van der Waals surface area contributed by atoms with E-state index in [0.717, 1.165) is 6.54 Å². The van der Waals surface area contributed by atoms with Crippen LogP contribution in [0.2, 0.25) is 0 Å². The summed E-state index contributed by atoms with van der Waals surface area (Å²) in [4.78, 5) is 2.50. The van der Waals surface area contributed by atoms with Gasteiger partial charge in [0.1, 0.15) is 0 Å². The average Bonchev–Trinajstić information content (AvgIpc) is 2.56. The zero-order chi connectivity index (χ0) is 14.5. The van der Waals surface area contributed by atoms with E-state index in [0.29, 0.717) is 0 Å². The average molecular weight is 280 g/mol. The molecule has 1 aliphatic heterocycles. The molecular weight excluding hydrogens is 256 g/mol. The Morgan fingerprint density at radius 2 is 1.52 bits per heavy atom. The van der Waals surface area contributed by atoms with Crippen LogP contribution in [0.25, 0.3) is 0 Å². The molecule has 0 amide bonds. The van der Waals surface area contributed by atoms with Crippen molar-refractivity contribution < 1.29 is 0 Å². The lowest BCUT2D eigenvalue weighted by molar-refractivity contribution is 0.578. The van der Waals surface area contributed by atoms with Crippen molar-refractivity contribution in [3.05, 3.63) is 59.7 Å². The molecule has 0 atom stereocenters. The number of hydrogen-bond acceptors (Lipinski definition) is 2. The van der Waals surface area contributed by atoms with Gasteiger partial charge in [0.25, 0.3) is 0 Å². The number of hydrogen-bond donors (Lipinski definition) is 1. The molecular formula is C19H24N2. The third-order valence-corrected chi connectivity index (χ3v) is 4.21. The van der Waals surface area contributed by atoms with Crippen LogP contribution in [-0.2, 0) is 6.54 Å². The Labute approximate surface area is 127 Å². The van der Waals surface area contributed by atoms with Gasteiger partial charge in [0, 0.05) is 31.0 Å². The van der Waals surface area contributed by atoms with Gasteiger partial charge in [-0.2, -0.15) is 0 Å². The number of nitrogens with one attached hydrogen (secondary N) is 1. The molecule has 3 rings (SSSR count). The summed E-state index contributed by atoms with van der Waals surface area (Å²) in [6.45, 7) is 5.41. The SMILES string of the molecule is Cc1ccc(NCc2ccc(N3CCCCC3)cc2)cc1. The minimum atomic E-state index is 0.878. The van der Waals surface area contributed by atoms with Crippen LogP contribution in [0.5, 0.6) is 0 Å². The lowest BCUT2D eigenvalue weighted by Gasteiger charge is -2.28. The van der Waals surface area contributed by atoms with Gasteiger partial charge in [-0.1, -0.05) is 29.8 Å².